The molecular formula is C15H13N3O2. The van der Waals surface area contributed by atoms with E-state index < -0.39 is 5.97 Å². The number of carboxylic acids is 1. The molecule has 0 aliphatic heterocycles. The molecule has 0 radical (unpaired) electrons. The number of hydrogen-bond acceptors (Lipinski definition) is 3. The van der Waals surface area contributed by atoms with E-state index in [9.17, 15) is 9.90 Å². The van der Waals surface area contributed by atoms with Gasteiger partial charge in [-0.15, -0.1) is 0 Å². The summed E-state index contributed by atoms with van der Waals surface area (Å²) in [5.74, 6) is -0.428. The van der Waals surface area contributed by atoms with Gasteiger partial charge in [-0.05, 0) is 24.6 Å². The minimum absolute atomic E-state index is 0.228. The van der Waals surface area contributed by atoms with Crippen LogP contribution in [0, 0.1) is 0 Å². The van der Waals surface area contributed by atoms with Gasteiger partial charge in [0.2, 0.25) is 0 Å². The Morgan fingerprint density at radius 3 is 2.85 bits per heavy atom. The summed E-state index contributed by atoms with van der Waals surface area (Å²) < 4.78 is 1.67. The number of rotatable bonds is 3. The van der Waals surface area contributed by atoms with E-state index in [2.05, 4.69) is 10.1 Å². The lowest BCUT2D eigenvalue weighted by molar-refractivity contribution is 0.0696. The molecule has 5 nitrogen and oxygen atoms in total. The van der Waals surface area contributed by atoms with Gasteiger partial charge in [-0.1, -0.05) is 25.1 Å². The molecule has 0 aliphatic rings. The van der Waals surface area contributed by atoms with Crippen molar-refractivity contribution in [3.05, 3.63) is 53.9 Å². The lowest BCUT2D eigenvalue weighted by Gasteiger charge is -2.06. The highest BCUT2D eigenvalue weighted by Crippen LogP contribution is 2.18. The standard InChI is InChI=1S/C15H13N3O2/c1-2-12-7-11(15(19)20)8-14(17-12)18-13-6-4-3-5-10(13)9-16-18/h3-9H,2H2,1H3,(H,19,20). The van der Waals surface area contributed by atoms with Gasteiger partial charge < -0.3 is 5.11 Å². The molecule has 100 valence electrons. The van der Waals surface area contributed by atoms with Crippen molar-refractivity contribution in [1.29, 1.82) is 0 Å². The van der Waals surface area contributed by atoms with Crippen LogP contribution in [0.2, 0.25) is 0 Å². The smallest absolute Gasteiger partial charge is 0.335 e. The van der Waals surface area contributed by atoms with Crippen molar-refractivity contribution in [1.82, 2.24) is 14.8 Å². The Hall–Kier alpha value is -2.69. The fourth-order valence-electron chi connectivity index (χ4n) is 2.14. The van der Waals surface area contributed by atoms with Gasteiger partial charge in [0.15, 0.2) is 5.82 Å². The van der Waals surface area contributed by atoms with E-state index in [1.165, 1.54) is 0 Å². The SMILES string of the molecule is CCc1cc(C(=O)O)cc(-n2ncc3ccccc32)n1. The lowest BCUT2D eigenvalue weighted by atomic mass is 10.2. The molecule has 1 aromatic carbocycles. The van der Waals surface area contributed by atoms with Crippen molar-refractivity contribution in [2.24, 2.45) is 0 Å². The van der Waals surface area contributed by atoms with Crippen molar-refractivity contribution < 1.29 is 9.90 Å². The summed E-state index contributed by atoms with van der Waals surface area (Å²) in [5, 5.41) is 14.5. The van der Waals surface area contributed by atoms with Crippen LogP contribution in [0.15, 0.2) is 42.6 Å². The maximum Gasteiger partial charge on any atom is 0.335 e. The number of benzene rings is 1. The van der Waals surface area contributed by atoms with Crippen LogP contribution in [0.4, 0.5) is 0 Å². The first-order valence-electron chi connectivity index (χ1n) is 6.36. The summed E-state index contributed by atoms with van der Waals surface area (Å²) in [5.41, 5.74) is 1.87. The van der Waals surface area contributed by atoms with Crippen LogP contribution in [-0.4, -0.2) is 25.8 Å². The average Bonchev–Trinajstić information content (AvgIpc) is 2.90. The van der Waals surface area contributed by atoms with Gasteiger partial charge in [-0.3, -0.25) is 0 Å². The fraction of sp³-hybridized carbons (Fsp3) is 0.133. The van der Waals surface area contributed by atoms with E-state index in [1.807, 2.05) is 31.2 Å². The molecule has 0 atom stereocenters. The highest BCUT2D eigenvalue weighted by molar-refractivity contribution is 5.88. The first kappa shape index (κ1) is 12.3. The second-order valence-corrected chi connectivity index (χ2v) is 4.48. The van der Waals surface area contributed by atoms with Crippen LogP contribution in [0.1, 0.15) is 23.0 Å². The minimum Gasteiger partial charge on any atom is -0.478 e. The van der Waals surface area contributed by atoms with E-state index in [1.54, 1.807) is 23.0 Å². The van der Waals surface area contributed by atoms with Gasteiger partial charge in [-0.25, -0.2) is 14.5 Å². The molecule has 0 saturated heterocycles. The Bertz CT molecular complexity index is 793. The van der Waals surface area contributed by atoms with Gasteiger partial charge in [0, 0.05) is 11.1 Å². The number of carbonyl (C=O) groups is 1. The molecule has 3 rings (SSSR count). The lowest BCUT2D eigenvalue weighted by Crippen LogP contribution is -2.06. The Morgan fingerprint density at radius 2 is 2.10 bits per heavy atom. The molecule has 2 heterocycles. The van der Waals surface area contributed by atoms with Gasteiger partial charge in [0.25, 0.3) is 0 Å². The Kier molecular flexibility index (Phi) is 2.95. The van der Waals surface area contributed by atoms with Crippen molar-refractivity contribution in [2.45, 2.75) is 13.3 Å². The molecule has 0 spiro atoms. The molecule has 0 bridgehead atoms. The first-order valence-corrected chi connectivity index (χ1v) is 6.36. The van der Waals surface area contributed by atoms with Gasteiger partial charge in [0.1, 0.15) is 0 Å². The van der Waals surface area contributed by atoms with Crippen LogP contribution < -0.4 is 0 Å². The number of nitrogens with zero attached hydrogens (tertiary/aromatic N) is 3. The topological polar surface area (TPSA) is 68.0 Å². The van der Waals surface area contributed by atoms with E-state index in [-0.39, 0.29) is 5.56 Å². The molecule has 3 aromatic rings. The number of aromatic nitrogens is 3. The number of carboxylic acid groups (broad SMARTS) is 1. The van der Waals surface area contributed by atoms with E-state index in [4.69, 9.17) is 0 Å². The van der Waals surface area contributed by atoms with Crippen LogP contribution >= 0.6 is 0 Å². The molecule has 20 heavy (non-hydrogen) atoms. The quantitative estimate of drug-likeness (QED) is 0.792. The van der Waals surface area contributed by atoms with E-state index in [0.29, 0.717) is 12.2 Å². The molecule has 0 fully saturated rings. The number of para-hydroxylation sites is 1. The molecule has 0 saturated carbocycles. The largest absolute Gasteiger partial charge is 0.478 e. The number of pyridine rings is 1. The third kappa shape index (κ3) is 2.03. The highest BCUT2D eigenvalue weighted by atomic mass is 16.4. The van der Waals surface area contributed by atoms with Crippen LogP contribution in [0.3, 0.4) is 0 Å². The van der Waals surface area contributed by atoms with Crippen molar-refractivity contribution in [3.8, 4) is 5.82 Å². The van der Waals surface area contributed by atoms with Crippen LogP contribution in [0.25, 0.3) is 16.7 Å². The third-order valence-corrected chi connectivity index (χ3v) is 3.17. The second kappa shape index (κ2) is 4.77. The highest BCUT2D eigenvalue weighted by Gasteiger charge is 2.11. The maximum absolute atomic E-state index is 11.2. The van der Waals surface area contributed by atoms with E-state index in [0.717, 1.165) is 16.6 Å². The Balaban J connectivity index is 2.23. The van der Waals surface area contributed by atoms with Crippen molar-refractivity contribution >= 4 is 16.9 Å². The molecule has 2 aromatic heterocycles. The summed E-state index contributed by atoms with van der Waals surface area (Å²) in [7, 11) is 0. The van der Waals surface area contributed by atoms with E-state index >= 15 is 0 Å². The van der Waals surface area contributed by atoms with Crippen molar-refractivity contribution in [2.75, 3.05) is 0 Å². The second-order valence-electron chi connectivity index (χ2n) is 4.48. The minimum atomic E-state index is -0.959. The molecule has 0 amide bonds. The molecule has 0 aliphatic carbocycles. The first-order chi connectivity index (χ1) is 9.69. The maximum atomic E-state index is 11.2. The molecular weight excluding hydrogens is 254 g/mol. The Labute approximate surface area is 115 Å². The summed E-state index contributed by atoms with van der Waals surface area (Å²) in [6, 6.07) is 10.9. The summed E-state index contributed by atoms with van der Waals surface area (Å²) in [4.78, 5) is 15.7. The monoisotopic (exact) mass is 267 g/mol. The molecule has 5 heteroatoms. The Morgan fingerprint density at radius 1 is 1.30 bits per heavy atom. The third-order valence-electron chi connectivity index (χ3n) is 3.17. The summed E-state index contributed by atoms with van der Waals surface area (Å²) >= 11 is 0. The zero-order valence-electron chi connectivity index (χ0n) is 10.9. The average molecular weight is 267 g/mol. The predicted molar refractivity (Wildman–Crippen MR) is 75.2 cm³/mol. The zero-order chi connectivity index (χ0) is 14.1. The summed E-state index contributed by atoms with van der Waals surface area (Å²) in [6.07, 6.45) is 2.42. The van der Waals surface area contributed by atoms with Crippen LogP contribution in [-0.2, 0) is 6.42 Å². The zero-order valence-corrected chi connectivity index (χ0v) is 10.9. The van der Waals surface area contributed by atoms with Crippen LogP contribution in [0.5, 0.6) is 0 Å². The number of hydrogen-bond donors (Lipinski definition) is 1. The number of aromatic carboxylic acids is 1. The van der Waals surface area contributed by atoms with Gasteiger partial charge >= 0.3 is 5.97 Å². The number of fused-ring (bicyclic) bond motifs is 1. The predicted octanol–water partition coefficient (Wildman–Crippen LogP) is 2.68. The van der Waals surface area contributed by atoms with Gasteiger partial charge in [-0.2, -0.15) is 5.10 Å². The van der Waals surface area contributed by atoms with Crippen molar-refractivity contribution in [3.63, 3.8) is 0 Å². The molecule has 1 N–H and O–H groups in total. The molecule has 0 unspecified atom stereocenters. The fourth-order valence-corrected chi connectivity index (χ4v) is 2.14. The summed E-state index contributed by atoms with van der Waals surface area (Å²) in [6.45, 7) is 1.94. The normalized spacial score (nSPS) is 10.8. The number of aryl methyl sites for hydroxylation is 1. The van der Waals surface area contributed by atoms with Gasteiger partial charge in [0.05, 0.1) is 17.3 Å².